The van der Waals surface area contributed by atoms with Crippen LogP contribution < -0.4 is 0 Å². The second kappa shape index (κ2) is 7.61. The van der Waals surface area contributed by atoms with E-state index in [2.05, 4.69) is 4.90 Å². The fourth-order valence-electron chi connectivity index (χ4n) is 4.74. The van der Waals surface area contributed by atoms with Crippen LogP contribution in [0.3, 0.4) is 0 Å². The lowest BCUT2D eigenvalue weighted by Crippen LogP contribution is -2.55. The lowest BCUT2D eigenvalue weighted by Gasteiger charge is -2.48. The molecule has 3 aliphatic rings. The van der Waals surface area contributed by atoms with Gasteiger partial charge in [0.05, 0.1) is 0 Å². The van der Waals surface area contributed by atoms with Crippen molar-refractivity contribution in [3.63, 3.8) is 0 Å². The van der Waals surface area contributed by atoms with E-state index in [0.29, 0.717) is 30.7 Å². The predicted molar refractivity (Wildman–Crippen MR) is 102 cm³/mol. The van der Waals surface area contributed by atoms with E-state index < -0.39 is 0 Å². The molecule has 4 rings (SSSR count). The van der Waals surface area contributed by atoms with E-state index in [-0.39, 0.29) is 23.0 Å². The number of rotatable bonds is 5. The summed E-state index contributed by atoms with van der Waals surface area (Å²) in [5.74, 6) is 0.867. The van der Waals surface area contributed by atoms with E-state index in [1.807, 2.05) is 11.0 Å². The molecular weight excluding hydrogens is 343 g/mol. The second-order valence-electron chi connectivity index (χ2n) is 8.73. The van der Waals surface area contributed by atoms with Crippen molar-refractivity contribution in [2.75, 3.05) is 26.2 Å². The number of carbonyl (C=O) groups is 2. The van der Waals surface area contributed by atoms with Gasteiger partial charge in [0.1, 0.15) is 5.82 Å². The van der Waals surface area contributed by atoms with Crippen LogP contribution in [0.5, 0.6) is 0 Å². The number of aryl methyl sites for hydroxylation is 1. The molecule has 1 atom stereocenters. The van der Waals surface area contributed by atoms with Crippen molar-refractivity contribution in [3.05, 3.63) is 35.6 Å². The number of hydrogen-bond donors (Lipinski definition) is 0. The van der Waals surface area contributed by atoms with Gasteiger partial charge in [-0.05, 0) is 56.1 Å². The first-order valence-corrected chi connectivity index (χ1v) is 10.3. The number of piperidine rings is 2. The Hall–Kier alpha value is -1.91. The molecule has 146 valence electrons. The minimum absolute atomic E-state index is 0.0642. The maximum Gasteiger partial charge on any atom is 0.222 e. The van der Waals surface area contributed by atoms with Gasteiger partial charge in [-0.2, -0.15) is 0 Å². The number of halogens is 1. The minimum Gasteiger partial charge on any atom is -0.342 e. The maximum absolute atomic E-state index is 13.8. The molecule has 2 aliphatic heterocycles. The quantitative estimate of drug-likeness (QED) is 0.795. The Labute approximate surface area is 160 Å². The van der Waals surface area contributed by atoms with Crippen LogP contribution in [0.1, 0.15) is 50.5 Å². The zero-order valence-electron chi connectivity index (χ0n) is 16.0. The van der Waals surface area contributed by atoms with E-state index in [4.69, 9.17) is 0 Å². The third-order valence-corrected chi connectivity index (χ3v) is 6.50. The van der Waals surface area contributed by atoms with Gasteiger partial charge in [-0.15, -0.1) is 0 Å². The lowest BCUT2D eigenvalue weighted by molar-refractivity contribution is -0.143. The largest absolute Gasteiger partial charge is 0.342 e. The third-order valence-electron chi connectivity index (χ3n) is 6.50. The van der Waals surface area contributed by atoms with Crippen LogP contribution in [0.25, 0.3) is 0 Å². The fourth-order valence-corrected chi connectivity index (χ4v) is 4.74. The van der Waals surface area contributed by atoms with Crippen molar-refractivity contribution in [1.29, 1.82) is 0 Å². The number of amides is 2. The van der Waals surface area contributed by atoms with E-state index >= 15 is 0 Å². The lowest BCUT2D eigenvalue weighted by atomic mass is 9.73. The van der Waals surface area contributed by atoms with Crippen molar-refractivity contribution >= 4 is 11.8 Å². The van der Waals surface area contributed by atoms with Gasteiger partial charge in [-0.1, -0.05) is 18.2 Å². The van der Waals surface area contributed by atoms with Crippen molar-refractivity contribution in [1.82, 2.24) is 9.80 Å². The Morgan fingerprint density at radius 2 is 2.00 bits per heavy atom. The van der Waals surface area contributed by atoms with Crippen LogP contribution in [0.2, 0.25) is 0 Å². The summed E-state index contributed by atoms with van der Waals surface area (Å²) in [5.41, 5.74) is 0.672. The molecule has 4 nitrogen and oxygen atoms in total. The SMILES string of the molecule is O=C(CCc1ccccc1F)N1CCC[C@@]2(CCC(=O)N(CC3CC3)C2)C1. The first kappa shape index (κ1) is 18.5. The molecular formula is C22H29FN2O2. The average molecular weight is 372 g/mol. The summed E-state index contributed by atoms with van der Waals surface area (Å²) in [6.45, 7) is 3.24. The van der Waals surface area contributed by atoms with Gasteiger partial charge in [0.25, 0.3) is 0 Å². The van der Waals surface area contributed by atoms with Gasteiger partial charge in [0, 0.05) is 44.4 Å². The van der Waals surface area contributed by atoms with Crippen LogP contribution in [0, 0.1) is 17.2 Å². The Bertz CT molecular complexity index is 718. The third kappa shape index (κ3) is 4.33. The molecule has 0 N–H and O–H groups in total. The number of carbonyl (C=O) groups excluding carboxylic acids is 2. The maximum atomic E-state index is 13.8. The summed E-state index contributed by atoms with van der Waals surface area (Å²) < 4.78 is 13.8. The predicted octanol–water partition coefficient (Wildman–Crippen LogP) is 3.40. The Morgan fingerprint density at radius 3 is 2.78 bits per heavy atom. The standard InChI is InChI=1S/C22H29FN2O2/c23-19-5-2-1-4-18(19)8-9-20(26)24-13-3-11-22(15-24)12-10-21(27)25(16-22)14-17-6-7-17/h1-2,4-5,17H,3,6-16H2/t22-/m1/s1. The monoisotopic (exact) mass is 372 g/mol. The van der Waals surface area contributed by atoms with Gasteiger partial charge < -0.3 is 9.80 Å². The molecule has 27 heavy (non-hydrogen) atoms. The molecule has 5 heteroatoms. The van der Waals surface area contributed by atoms with E-state index in [0.717, 1.165) is 45.4 Å². The van der Waals surface area contributed by atoms with E-state index in [1.54, 1.807) is 12.1 Å². The molecule has 0 radical (unpaired) electrons. The fraction of sp³-hybridized carbons (Fsp3) is 0.636. The second-order valence-corrected chi connectivity index (χ2v) is 8.73. The van der Waals surface area contributed by atoms with Crippen LogP contribution >= 0.6 is 0 Å². The average Bonchev–Trinajstić information content (AvgIpc) is 3.48. The molecule has 0 aromatic heterocycles. The van der Waals surface area contributed by atoms with Gasteiger partial charge in [0.2, 0.25) is 11.8 Å². The number of hydrogen-bond acceptors (Lipinski definition) is 2. The van der Waals surface area contributed by atoms with Crippen molar-refractivity contribution in [2.45, 2.75) is 51.4 Å². The molecule has 2 heterocycles. The smallest absolute Gasteiger partial charge is 0.222 e. The highest BCUT2D eigenvalue weighted by Crippen LogP contribution is 2.40. The van der Waals surface area contributed by atoms with E-state index in [1.165, 1.54) is 18.9 Å². The highest BCUT2D eigenvalue weighted by Gasteiger charge is 2.43. The van der Waals surface area contributed by atoms with Gasteiger partial charge >= 0.3 is 0 Å². The molecule has 1 aliphatic carbocycles. The van der Waals surface area contributed by atoms with Crippen LogP contribution in [-0.2, 0) is 16.0 Å². The van der Waals surface area contributed by atoms with Crippen LogP contribution in [0.15, 0.2) is 24.3 Å². The molecule has 0 bridgehead atoms. The van der Waals surface area contributed by atoms with Crippen molar-refractivity contribution in [3.8, 4) is 0 Å². The van der Waals surface area contributed by atoms with E-state index in [9.17, 15) is 14.0 Å². The first-order valence-electron chi connectivity index (χ1n) is 10.3. The van der Waals surface area contributed by atoms with Gasteiger partial charge in [-0.3, -0.25) is 9.59 Å². The molecule has 1 spiro atoms. The minimum atomic E-state index is -0.234. The van der Waals surface area contributed by atoms with Crippen molar-refractivity contribution < 1.29 is 14.0 Å². The molecule has 1 saturated carbocycles. The van der Waals surface area contributed by atoms with Gasteiger partial charge in [-0.25, -0.2) is 4.39 Å². The topological polar surface area (TPSA) is 40.6 Å². The highest BCUT2D eigenvalue weighted by molar-refractivity contribution is 5.78. The zero-order valence-corrected chi connectivity index (χ0v) is 16.0. The summed E-state index contributed by atoms with van der Waals surface area (Å²) in [6, 6.07) is 6.69. The summed E-state index contributed by atoms with van der Waals surface area (Å²) in [4.78, 5) is 29.1. The Balaban J connectivity index is 1.36. The Kier molecular flexibility index (Phi) is 5.20. The normalized spacial score (nSPS) is 25.9. The molecule has 2 amide bonds. The molecule has 3 fully saturated rings. The summed E-state index contributed by atoms with van der Waals surface area (Å²) >= 11 is 0. The van der Waals surface area contributed by atoms with Crippen LogP contribution in [-0.4, -0.2) is 47.8 Å². The summed E-state index contributed by atoms with van der Waals surface area (Å²) in [7, 11) is 0. The molecule has 1 aromatic carbocycles. The molecule has 2 saturated heterocycles. The molecule has 1 aromatic rings. The number of nitrogens with zero attached hydrogens (tertiary/aromatic N) is 2. The Morgan fingerprint density at radius 1 is 1.19 bits per heavy atom. The number of likely N-dealkylation sites (tertiary alicyclic amines) is 2. The highest BCUT2D eigenvalue weighted by atomic mass is 19.1. The zero-order chi connectivity index (χ0) is 18.9. The van der Waals surface area contributed by atoms with Crippen LogP contribution in [0.4, 0.5) is 4.39 Å². The van der Waals surface area contributed by atoms with Crippen molar-refractivity contribution in [2.24, 2.45) is 11.3 Å². The first-order chi connectivity index (χ1) is 13.0. The molecule has 0 unspecified atom stereocenters. The summed E-state index contributed by atoms with van der Waals surface area (Å²) in [5, 5.41) is 0. The number of benzene rings is 1. The summed E-state index contributed by atoms with van der Waals surface area (Å²) in [6.07, 6.45) is 6.89. The van der Waals surface area contributed by atoms with Gasteiger partial charge in [0.15, 0.2) is 0 Å².